The van der Waals surface area contributed by atoms with E-state index >= 15 is 0 Å². The smallest absolute Gasteiger partial charge is 0.339 e. The lowest BCUT2D eigenvalue weighted by Gasteiger charge is -2.19. The van der Waals surface area contributed by atoms with Crippen molar-refractivity contribution in [2.45, 2.75) is 20.0 Å². The zero-order valence-corrected chi connectivity index (χ0v) is 18.6. The second-order valence-corrected chi connectivity index (χ2v) is 7.42. The zero-order chi connectivity index (χ0) is 24.0. The van der Waals surface area contributed by atoms with Crippen molar-refractivity contribution in [3.8, 4) is 0 Å². The standard InChI is InChI=1S/C26H24N2O5/c1-17(29)19-10-9-11-20(16-19)27-24(30)18(2)33-26(32)23-15-8-7-14-22(23)25(31)28(3)21-12-5-4-6-13-21/h4-16,18H,1-3H3,(H,27,30). The van der Waals surface area contributed by atoms with E-state index in [1.165, 1.54) is 30.9 Å². The Morgan fingerprint density at radius 3 is 2.15 bits per heavy atom. The summed E-state index contributed by atoms with van der Waals surface area (Å²) in [4.78, 5) is 51.3. The fraction of sp³-hybridized carbons (Fsp3) is 0.154. The first-order valence-electron chi connectivity index (χ1n) is 10.3. The lowest BCUT2D eigenvalue weighted by molar-refractivity contribution is -0.123. The van der Waals surface area contributed by atoms with Gasteiger partial charge in [-0.05, 0) is 50.2 Å². The van der Waals surface area contributed by atoms with Gasteiger partial charge in [-0.3, -0.25) is 14.4 Å². The first kappa shape index (κ1) is 23.4. The summed E-state index contributed by atoms with van der Waals surface area (Å²) < 4.78 is 5.34. The molecule has 168 valence electrons. The number of rotatable bonds is 7. The van der Waals surface area contributed by atoms with E-state index in [9.17, 15) is 19.2 Å². The minimum Gasteiger partial charge on any atom is -0.449 e. The number of ether oxygens (including phenoxy) is 1. The largest absolute Gasteiger partial charge is 0.449 e. The lowest BCUT2D eigenvalue weighted by atomic mass is 10.1. The second-order valence-electron chi connectivity index (χ2n) is 7.42. The average molecular weight is 444 g/mol. The fourth-order valence-electron chi connectivity index (χ4n) is 3.13. The molecule has 7 nitrogen and oxygen atoms in total. The van der Waals surface area contributed by atoms with Crippen molar-refractivity contribution in [3.63, 3.8) is 0 Å². The van der Waals surface area contributed by atoms with Gasteiger partial charge in [0.05, 0.1) is 11.1 Å². The molecule has 0 aliphatic rings. The normalized spacial score (nSPS) is 11.2. The SMILES string of the molecule is CC(=O)c1cccc(NC(=O)C(C)OC(=O)c2ccccc2C(=O)N(C)c2ccccc2)c1. The van der Waals surface area contributed by atoms with Crippen LogP contribution in [-0.2, 0) is 9.53 Å². The van der Waals surface area contributed by atoms with Gasteiger partial charge in [0, 0.05) is 24.0 Å². The van der Waals surface area contributed by atoms with Crippen LogP contribution in [0.15, 0.2) is 78.9 Å². The minimum absolute atomic E-state index is 0.0588. The molecule has 1 atom stereocenters. The first-order chi connectivity index (χ1) is 15.8. The Morgan fingerprint density at radius 2 is 1.48 bits per heavy atom. The quantitative estimate of drug-likeness (QED) is 0.432. The van der Waals surface area contributed by atoms with Crippen molar-refractivity contribution in [2.24, 2.45) is 0 Å². The molecule has 0 saturated heterocycles. The number of Topliss-reactive ketones (excluding diaryl/α,β-unsaturated/α-hetero) is 1. The lowest BCUT2D eigenvalue weighted by Crippen LogP contribution is -2.32. The maximum Gasteiger partial charge on any atom is 0.339 e. The maximum atomic E-state index is 13.0. The third kappa shape index (κ3) is 5.71. The molecule has 3 aromatic carbocycles. The maximum absolute atomic E-state index is 13.0. The van der Waals surface area contributed by atoms with Gasteiger partial charge in [0.15, 0.2) is 11.9 Å². The van der Waals surface area contributed by atoms with Crippen LogP contribution >= 0.6 is 0 Å². The highest BCUT2D eigenvalue weighted by Crippen LogP contribution is 2.19. The number of amides is 2. The highest BCUT2D eigenvalue weighted by molar-refractivity contribution is 6.12. The molecule has 3 aromatic rings. The summed E-state index contributed by atoms with van der Waals surface area (Å²) >= 11 is 0. The molecule has 1 unspecified atom stereocenters. The number of ketones is 1. The minimum atomic E-state index is -1.13. The van der Waals surface area contributed by atoms with Crippen molar-refractivity contribution in [2.75, 3.05) is 17.3 Å². The summed E-state index contributed by atoms with van der Waals surface area (Å²) in [7, 11) is 1.62. The number of anilines is 2. The van der Waals surface area contributed by atoms with Gasteiger partial charge >= 0.3 is 5.97 Å². The fourth-order valence-corrected chi connectivity index (χ4v) is 3.13. The van der Waals surface area contributed by atoms with Gasteiger partial charge in [0.2, 0.25) is 0 Å². The van der Waals surface area contributed by atoms with Crippen molar-refractivity contribution < 1.29 is 23.9 Å². The zero-order valence-electron chi connectivity index (χ0n) is 18.6. The summed E-state index contributed by atoms with van der Waals surface area (Å²) in [5.41, 5.74) is 1.76. The number of hydrogen-bond donors (Lipinski definition) is 1. The van der Waals surface area contributed by atoms with Gasteiger partial charge < -0.3 is 15.0 Å². The van der Waals surface area contributed by atoms with E-state index in [4.69, 9.17) is 4.74 Å². The molecule has 0 aromatic heterocycles. The molecule has 0 aliphatic heterocycles. The van der Waals surface area contributed by atoms with Crippen molar-refractivity contribution >= 4 is 34.9 Å². The number of para-hydroxylation sites is 1. The molecule has 7 heteroatoms. The number of carbonyl (C=O) groups is 4. The third-order valence-corrected chi connectivity index (χ3v) is 5.02. The van der Waals surface area contributed by atoms with Crippen LogP contribution in [0.4, 0.5) is 11.4 Å². The molecule has 0 aliphatic carbocycles. The summed E-state index contributed by atoms with van der Waals surface area (Å²) in [6.45, 7) is 2.86. The van der Waals surface area contributed by atoms with Gasteiger partial charge in [-0.1, -0.05) is 42.5 Å². The van der Waals surface area contributed by atoms with E-state index in [2.05, 4.69) is 5.32 Å². The molecule has 0 spiro atoms. The molecule has 0 bridgehead atoms. The molecule has 0 radical (unpaired) electrons. The van der Waals surface area contributed by atoms with Crippen LogP contribution in [0.1, 0.15) is 44.9 Å². The predicted octanol–water partition coefficient (Wildman–Crippen LogP) is 4.35. The molecule has 0 fully saturated rings. The van der Waals surface area contributed by atoms with Crippen LogP contribution in [0.2, 0.25) is 0 Å². The van der Waals surface area contributed by atoms with E-state index in [0.29, 0.717) is 16.9 Å². The van der Waals surface area contributed by atoms with Crippen LogP contribution < -0.4 is 10.2 Å². The molecule has 33 heavy (non-hydrogen) atoms. The summed E-state index contributed by atoms with van der Waals surface area (Å²) in [5, 5.41) is 2.63. The van der Waals surface area contributed by atoms with Crippen LogP contribution in [0.3, 0.4) is 0 Å². The van der Waals surface area contributed by atoms with Crippen molar-refractivity contribution in [3.05, 3.63) is 95.6 Å². The Kier molecular flexibility index (Phi) is 7.35. The first-order valence-corrected chi connectivity index (χ1v) is 10.3. The second kappa shape index (κ2) is 10.4. The number of esters is 1. The van der Waals surface area contributed by atoms with Gasteiger partial charge in [0.25, 0.3) is 11.8 Å². The summed E-state index contributed by atoms with van der Waals surface area (Å²) in [6, 6.07) is 21.8. The molecular formula is C26H24N2O5. The molecule has 0 saturated carbocycles. The highest BCUT2D eigenvalue weighted by Gasteiger charge is 2.25. The molecule has 2 amide bonds. The van der Waals surface area contributed by atoms with Crippen molar-refractivity contribution in [1.29, 1.82) is 0 Å². The van der Waals surface area contributed by atoms with E-state index in [0.717, 1.165) is 0 Å². The van der Waals surface area contributed by atoms with Crippen LogP contribution in [0.5, 0.6) is 0 Å². The molecule has 0 heterocycles. The van der Waals surface area contributed by atoms with E-state index in [1.807, 2.05) is 18.2 Å². The van der Waals surface area contributed by atoms with Gasteiger partial charge in [-0.25, -0.2) is 4.79 Å². The number of hydrogen-bond acceptors (Lipinski definition) is 5. The van der Waals surface area contributed by atoms with Gasteiger partial charge in [-0.15, -0.1) is 0 Å². The summed E-state index contributed by atoms with van der Waals surface area (Å²) in [6.07, 6.45) is -1.13. The van der Waals surface area contributed by atoms with Gasteiger partial charge in [0.1, 0.15) is 0 Å². The van der Waals surface area contributed by atoms with Gasteiger partial charge in [-0.2, -0.15) is 0 Å². The van der Waals surface area contributed by atoms with Crippen LogP contribution in [0.25, 0.3) is 0 Å². The predicted molar refractivity (Wildman–Crippen MR) is 126 cm³/mol. The van der Waals surface area contributed by atoms with Crippen LogP contribution in [-0.4, -0.2) is 36.7 Å². The number of nitrogens with zero attached hydrogens (tertiary/aromatic N) is 1. The third-order valence-electron chi connectivity index (χ3n) is 5.02. The van der Waals surface area contributed by atoms with Crippen LogP contribution in [0, 0.1) is 0 Å². The average Bonchev–Trinajstić information content (AvgIpc) is 2.83. The van der Waals surface area contributed by atoms with E-state index in [1.54, 1.807) is 55.6 Å². The Hall–Kier alpha value is -4.26. The summed E-state index contributed by atoms with van der Waals surface area (Å²) in [5.74, 6) is -1.87. The number of nitrogens with one attached hydrogen (secondary N) is 1. The van der Waals surface area contributed by atoms with E-state index < -0.39 is 18.0 Å². The number of benzene rings is 3. The Bertz CT molecular complexity index is 1190. The monoisotopic (exact) mass is 444 g/mol. The topological polar surface area (TPSA) is 92.8 Å². The molecule has 1 N–H and O–H groups in total. The molecular weight excluding hydrogens is 420 g/mol. The Morgan fingerprint density at radius 1 is 0.848 bits per heavy atom. The number of carbonyl (C=O) groups excluding carboxylic acids is 4. The Labute approximate surface area is 192 Å². The van der Waals surface area contributed by atoms with E-state index in [-0.39, 0.29) is 22.8 Å². The Balaban J connectivity index is 1.72. The highest BCUT2D eigenvalue weighted by atomic mass is 16.5. The van der Waals surface area contributed by atoms with Crippen molar-refractivity contribution in [1.82, 2.24) is 0 Å². The molecule has 3 rings (SSSR count).